The van der Waals surface area contributed by atoms with E-state index < -0.39 is 74.6 Å². The fourth-order valence-corrected chi connectivity index (χ4v) is 2.46. The van der Waals surface area contributed by atoms with Crippen LogP contribution in [0, 0.1) is 0 Å². The fourth-order valence-electron chi connectivity index (χ4n) is 2.46. The second kappa shape index (κ2) is 7.63. The molecule has 23 heavy (non-hydrogen) atoms. The number of rotatable bonds is 4. The molecule has 2 rings (SSSR count). The van der Waals surface area contributed by atoms with Crippen LogP contribution in [0.15, 0.2) is 0 Å². The van der Waals surface area contributed by atoms with Gasteiger partial charge in [-0.25, -0.2) is 0 Å². The van der Waals surface area contributed by atoms with Crippen LogP contribution in [0.3, 0.4) is 0 Å². The molecule has 11 nitrogen and oxygen atoms in total. The third kappa shape index (κ3) is 3.81. The van der Waals surface area contributed by atoms with Crippen molar-refractivity contribution in [2.45, 2.75) is 61.4 Å². The molecule has 0 radical (unpaired) electrons. The number of aliphatic hydroxyl groups excluding tert-OH is 8. The van der Waals surface area contributed by atoms with Gasteiger partial charge in [-0.05, 0) is 0 Å². The minimum Gasteiger partial charge on any atom is -0.394 e. The lowest BCUT2D eigenvalue weighted by Crippen LogP contribution is -2.61. The molecule has 0 aliphatic carbocycles. The van der Waals surface area contributed by atoms with Gasteiger partial charge in [-0.15, -0.1) is 0 Å². The van der Waals surface area contributed by atoms with Gasteiger partial charge >= 0.3 is 0 Å². The van der Waals surface area contributed by atoms with Crippen LogP contribution in [0.1, 0.15) is 0 Å². The lowest BCUT2D eigenvalue weighted by molar-refractivity contribution is -0.325. The second-order valence-electron chi connectivity index (χ2n) is 5.57. The van der Waals surface area contributed by atoms with E-state index in [1.54, 1.807) is 0 Å². The number of aliphatic hydroxyl groups is 8. The first-order valence-corrected chi connectivity index (χ1v) is 7.07. The first kappa shape index (κ1) is 18.9. The SMILES string of the molecule is OC[C@H]1O[C@H](OC[C@H]2OC(O)[C@H](O)[C@@H](O)[C@H]2O)[C@H](O)[C@@H](O)[C@H]1O. The summed E-state index contributed by atoms with van der Waals surface area (Å²) < 4.78 is 15.1. The Hall–Kier alpha value is -0.440. The zero-order chi connectivity index (χ0) is 17.3. The van der Waals surface area contributed by atoms with Gasteiger partial charge < -0.3 is 55.1 Å². The van der Waals surface area contributed by atoms with E-state index in [0.717, 1.165) is 0 Å². The van der Waals surface area contributed by atoms with Crippen LogP contribution >= 0.6 is 0 Å². The molecule has 11 heteroatoms. The van der Waals surface area contributed by atoms with Gasteiger partial charge in [0.2, 0.25) is 0 Å². The quantitative estimate of drug-likeness (QED) is 0.243. The molecule has 0 spiro atoms. The lowest BCUT2D eigenvalue weighted by Gasteiger charge is -2.41. The standard InChI is InChI=1S/C12H22O11/c13-1-3-5(14)8(17)10(19)12(23-3)21-2-4-6(15)7(16)9(18)11(20)22-4/h3-20H,1-2H2/t3-,4-,5+,6+,7+,8+,9-,10-,11?,12+/m1/s1. The third-order valence-electron chi connectivity index (χ3n) is 3.96. The Morgan fingerprint density at radius 1 is 0.652 bits per heavy atom. The van der Waals surface area contributed by atoms with Gasteiger partial charge in [0.15, 0.2) is 12.6 Å². The molecular weight excluding hydrogens is 320 g/mol. The molecule has 136 valence electrons. The van der Waals surface area contributed by atoms with Crippen LogP contribution in [0.2, 0.25) is 0 Å². The molecule has 0 amide bonds. The molecule has 0 aromatic heterocycles. The van der Waals surface area contributed by atoms with Crippen LogP contribution in [-0.2, 0) is 14.2 Å². The average Bonchev–Trinajstić information content (AvgIpc) is 2.54. The maximum atomic E-state index is 9.78. The van der Waals surface area contributed by atoms with Crippen molar-refractivity contribution < 1.29 is 55.1 Å². The van der Waals surface area contributed by atoms with Crippen molar-refractivity contribution in [1.29, 1.82) is 0 Å². The molecule has 1 unspecified atom stereocenters. The third-order valence-corrected chi connectivity index (χ3v) is 3.96. The van der Waals surface area contributed by atoms with Crippen molar-refractivity contribution in [3.8, 4) is 0 Å². The van der Waals surface area contributed by atoms with Crippen molar-refractivity contribution in [2.24, 2.45) is 0 Å². The Labute approximate surface area is 130 Å². The molecule has 0 aromatic carbocycles. The van der Waals surface area contributed by atoms with Crippen molar-refractivity contribution in [3.05, 3.63) is 0 Å². The van der Waals surface area contributed by atoms with Gasteiger partial charge in [0.1, 0.15) is 48.8 Å². The Kier molecular flexibility index (Phi) is 6.27. The lowest BCUT2D eigenvalue weighted by atomic mass is 9.98. The van der Waals surface area contributed by atoms with Gasteiger partial charge in [-0.1, -0.05) is 0 Å². The predicted octanol–water partition coefficient (Wildman–Crippen LogP) is -5.40. The average molecular weight is 342 g/mol. The summed E-state index contributed by atoms with van der Waals surface area (Å²) in [4.78, 5) is 0. The molecule has 2 heterocycles. The smallest absolute Gasteiger partial charge is 0.186 e. The Balaban J connectivity index is 1.94. The topological polar surface area (TPSA) is 190 Å². The summed E-state index contributed by atoms with van der Waals surface area (Å²) in [6.45, 7) is -1.10. The van der Waals surface area contributed by atoms with Crippen LogP contribution in [0.25, 0.3) is 0 Å². The van der Waals surface area contributed by atoms with Gasteiger partial charge in [0.25, 0.3) is 0 Å². The van der Waals surface area contributed by atoms with Crippen LogP contribution in [0.5, 0.6) is 0 Å². The highest BCUT2D eigenvalue weighted by Gasteiger charge is 2.46. The van der Waals surface area contributed by atoms with E-state index in [9.17, 15) is 35.7 Å². The number of hydrogen-bond donors (Lipinski definition) is 8. The van der Waals surface area contributed by atoms with E-state index >= 15 is 0 Å². The van der Waals surface area contributed by atoms with E-state index in [0.29, 0.717) is 0 Å². The van der Waals surface area contributed by atoms with Crippen LogP contribution < -0.4 is 0 Å². The molecule has 10 atom stereocenters. The largest absolute Gasteiger partial charge is 0.394 e. The fraction of sp³-hybridized carbons (Fsp3) is 1.00. The maximum Gasteiger partial charge on any atom is 0.186 e. The molecule has 2 aliphatic rings. The molecule has 0 saturated carbocycles. The molecule has 2 aliphatic heterocycles. The van der Waals surface area contributed by atoms with Gasteiger partial charge in [-0.3, -0.25) is 0 Å². The Morgan fingerprint density at radius 2 is 1.22 bits per heavy atom. The first-order chi connectivity index (χ1) is 10.8. The van der Waals surface area contributed by atoms with Crippen LogP contribution in [0.4, 0.5) is 0 Å². The Morgan fingerprint density at radius 3 is 1.83 bits per heavy atom. The second-order valence-corrected chi connectivity index (χ2v) is 5.57. The zero-order valence-electron chi connectivity index (χ0n) is 12.0. The molecule has 8 N–H and O–H groups in total. The maximum absolute atomic E-state index is 9.78. The summed E-state index contributed by atoms with van der Waals surface area (Å²) >= 11 is 0. The minimum absolute atomic E-state index is 0.468. The molecular formula is C12H22O11. The molecule has 2 fully saturated rings. The molecule has 0 bridgehead atoms. The summed E-state index contributed by atoms with van der Waals surface area (Å²) in [5.41, 5.74) is 0. The van der Waals surface area contributed by atoms with Crippen molar-refractivity contribution in [2.75, 3.05) is 13.2 Å². The highest BCUT2D eigenvalue weighted by molar-refractivity contribution is 4.91. The summed E-state index contributed by atoms with van der Waals surface area (Å²) in [6.07, 6.45) is -15.3. The predicted molar refractivity (Wildman–Crippen MR) is 68.6 cm³/mol. The summed E-state index contributed by atoms with van der Waals surface area (Å²) in [7, 11) is 0. The van der Waals surface area contributed by atoms with E-state index in [1.807, 2.05) is 0 Å². The van der Waals surface area contributed by atoms with Crippen molar-refractivity contribution in [1.82, 2.24) is 0 Å². The zero-order valence-corrected chi connectivity index (χ0v) is 12.0. The highest BCUT2D eigenvalue weighted by Crippen LogP contribution is 2.24. The Bertz CT molecular complexity index is 380. The van der Waals surface area contributed by atoms with E-state index in [4.69, 9.17) is 19.3 Å². The minimum atomic E-state index is -1.74. The van der Waals surface area contributed by atoms with E-state index in [1.165, 1.54) is 0 Å². The number of hydrogen-bond acceptors (Lipinski definition) is 11. The summed E-state index contributed by atoms with van der Waals surface area (Å²) in [5, 5.41) is 76.1. The summed E-state index contributed by atoms with van der Waals surface area (Å²) in [5.74, 6) is 0. The van der Waals surface area contributed by atoms with E-state index in [-0.39, 0.29) is 0 Å². The van der Waals surface area contributed by atoms with E-state index in [2.05, 4.69) is 0 Å². The van der Waals surface area contributed by atoms with Crippen molar-refractivity contribution in [3.63, 3.8) is 0 Å². The number of ether oxygens (including phenoxy) is 3. The molecule has 0 aromatic rings. The first-order valence-electron chi connectivity index (χ1n) is 7.07. The van der Waals surface area contributed by atoms with Crippen LogP contribution in [-0.4, -0.2) is 115 Å². The van der Waals surface area contributed by atoms with Gasteiger partial charge in [0.05, 0.1) is 13.2 Å². The highest BCUT2D eigenvalue weighted by atomic mass is 16.7. The van der Waals surface area contributed by atoms with Gasteiger partial charge in [0, 0.05) is 0 Å². The van der Waals surface area contributed by atoms with Crippen molar-refractivity contribution >= 4 is 0 Å². The normalized spacial score (nSPS) is 51.7. The molecule has 2 saturated heterocycles. The summed E-state index contributed by atoms with van der Waals surface area (Å²) in [6, 6.07) is 0. The van der Waals surface area contributed by atoms with Gasteiger partial charge in [-0.2, -0.15) is 0 Å². The monoisotopic (exact) mass is 342 g/mol.